The summed E-state index contributed by atoms with van der Waals surface area (Å²) < 4.78 is 27.6. The summed E-state index contributed by atoms with van der Waals surface area (Å²) in [6, 6.07) is 3.25. The smallest absolute Gasteiger partial charge is 0.259 e. The summed E-state index contributed by atoms with van der Waals surface area (Å²) in [5, 5.41) is 2.27. The Morgan fingerprint density at radius 3 is 2.57 bits per heavy atom. The van der Waals surface area contributed by atoms with E-state index in [1.807, 2.05) is 0 Å². The Balaban J connectivity index is 2.34. The molecule has 0 saturated carbocycles. The SMILES string of the molecule is NNc1ncc(Br)cc1C(=O)Nc1cc(F)c(Br)cc1F. The minimum atomic E-state index is -0.776. The second-order valence-corrected chi connectivity index (χ2v) is 5.66. The van der Waals surface area contributed by atoms with E-state index in [9.17, 15) is 13.6 Å². The number of halogens is 4. The number of nitrogen functional groups attached to an aromatic ring is 1. The highest BCUT2D eigenvalue weighted by Crippen LogP contribution is 2.25. The number of carbonyl (C=O) groups excluding carboxylic acids is 1. The normalized spacial score (nSPS) is 10.3. The molecule has 1 heterocycles. The number of benzene rings is 1. The molecular weight excluding hydrogens is 414 g/mol. The number of hydrazine groups is 1. The number of anilines is 2. The third kappa shape index (κ3) is 3.55. The molecule has 0 unspecified atom stereocenters. The van der Waals surface area contributed by atoms with Crippen LogP contribution in [-0.2, 0) is 0 Å². The number of aromatic nitrogens is 1. The molecular formula is C12H8Br2F2N4O. The van der Waals surface area contributed by atoms with E-state index in [-0.39, 0.29) is 21.5 Å². The Morgan fingerprint density at radius 1 is 1.19 bits per heavy atom. The minimum absolute atomic E-state index is 0.0357. The van der Waals surface area contributed by atoms with Crippen molar-refractivity contribution < 1.29 is 13.6 Å². The molecule has 2 rings (SSSR count). The lowest BCUT2D eigenvalue weighted by molar-refractivity contribution is 0.102. The molecule has 0 bridgehead atoms. The average Bonchev–Trinajstić information content (AvgIpc) is 2.44. The van der Waals surface area contributed by atoms with Crippen molar-refractivity contribution in [2.75, 3.05) is 10.7 Å². The first-order valence-electron chi connectivity index (χ1n) is 5.50. The number of nitrogens with two attached hydrogens (primary N) is 1. The summed E-state index contributed by atoms with van der Waals surface area (Å²) in [6.45, 7) is 0. The van der Waals surface area contributed by atoms with Gasteiger partial charge in [-0.3, -0.25) is 4.79 Å². The highest BCUT2D eigenvalue weighted by molar-refractivity contribution is 9.10. The van der Waals surface area contributed by atoms with E-state index >= 15 is 0 Å². The Kier molecular flexibility index (Phi) is 4.86. The summed E-state index contributed by atoms with van der Waals surface area (Å²) >= 11 is 6.02. The molecule has 2 aromatic rings. The molecule has 0 atom stereocenters. The average molecular weight is 422 g/mol. The fourth-order valence-electron chi connectivity index (χ4n) is 1.54. The maximum Gasteiger partial charge on any atom is 0.259 e. The van der Waals surface area contributed by atoms with Crippen LogP contribution in [0.5, 0.6) is 0 Å². The van der Waals surface area contributed by atoms with E-state index in [1.165, 1.54) is 12.3 Å². The van der Waals surface area contributed by atoms with Gasteiger partial charge in [-0.2, -0.15) is 0 Å². The van der Waals surface area contributed by atoms with Crippen molar-refractivity contribution in [3.63, 3.8) is 0 Å². The van der Waals surface area contributed by atoms with Crippen molar-refractivity contribution in [1.29, 1.82) is 0 Å². The van der Waals surface area contributed by atoms with Crippen molar-refractivity contribution in [1.82, 2.24) is 4.98 Å². The number of nitrogens with one attached hydrogen (secondary N) is 2. The number of pyridine rings is 1. The highest BCUT2D eigenvalue weighted by atomic mass is 79.9. The third-order valence-corrected chi connectivity index (χ3v) is 3.54. The van der Waals surface area contributed by atoms with Gasteiger partial charge in [0.25, 0.3) is 5.91 Å². The molecule has 1 aromatic carbocycles. The number of hydrogen-bond acceptors (Lipinski definition) is 4. The zero-order valence-electron chi connectivity index (χ0n) is 10.3. The van der Waals surface area contributed by atoms with Gasteiger partial charge in [-0.15, -0.1) is 0 Å². The van der Waals surface area contributed by atoms with Crippen molar-refractivity contribution in [2.24, 2.45) is 5.84 Å². The lowest BCUT2D eigenvalue weighted by Crippen LogP contribution is -2.19. The van der Waals surface area contributed by atoms with Crippen molar-refractivity contribution >= 4 is 49.3 Å². The fourth-order valence-corrected chi connectivity index (χ4v) is 2.18. The molecule has 0 fully saturated rings. The van der Waals surface area contributed by atoms with E-state index in [2.05, 4.69) is 47.6 Å². The minimum Gasteiger partial charge on any atom is -0.319 e. The van der Waals surface area contributed by atoms with Crippen molar-refractivity contribution in [3.05, 3.63) is 50.5 Å². The van der Waals surface area contributed by atoms with Gasteiger partial charge in [0.2, 0.25) is 0 Å². The van der Waals surface area contributed by atoms with E-state index in [0.29, 0.717) is 4.47 Å². The molecule has 0 radical (unpaired) electrons. The first-order valence-corrected chi connectivity index (χ1v) is 7.09. The molecule has 0 aliphatic rings. The molecule has 4 N–H and O–H groups in total. The van der Waals surface area contributed by atoms with Gasteiger partial charge in [0.15, 0.2) is 5.82 Å². The Bertz CT molecular complexity index is 712. The molecule has 1 aromatic heterocycles. The van der Waals surface area contributed by atoms with Crippen molar-refractivity contribution in [3.8, 4) is 0 Å². The molecule has 0 saturated heterocycles. The standard InChI is InChI=1S/C12H8Br2F2N4O/c13-5-1-6(11(20-17)18-4-5)12(21)19-10-3-8(15)7(14)2-9(10)16/h1-4H,17H2,(H,18,20)(H,19,21). The lowest BCUT2D eigenvalue weighted by Gasteiger charge is -2.10. The summed E-state index contributed by atoms with van der Waals surface area (Å²) in [5.41, 5.74) is 2.05. The van der Waals surface area contributed by atoms with Gasteiger partial charge in [-0.1, -0.05) is 0 Å². The van der Waals surface area contributed by atoms with E-state index in [1.54, 1.807) is 0 Å². The van der Waals surface area contributed by atoms with Gasteiger partial charge in [-0.05, 0) is 44.0 Å². The van der Waals surface area contributed by atoms with Crippen LogP contribution in [0.3, 0.4) is 0 Å². The zero-order valence-corrected chi connectivity index (χ0v) is 13.4. The lowest BCUT2D eigenvalue weighted by atomic mass is 10.2. The molecule has 5 nitrogen and oxygen atoms in total. The predicted octanol–water partition coefficient (Wildman–Crippen LogP) is 3.42. The van der Waals surface area contributed by atoms with Crippen LogP contribution < -0.4 is 16.6 Å². The van der Waals surface area contributed by atoms with Crippen LogP contribution in [0, 0.1) is 11.6 Å². The Labute approximate surface area is 135 Å². The van der Waals surface area contributed by atoms with Crippen LogP contribution in [0.4, 0.5) is 20.3 Å². The Morgan fingerprint density at radius 2 is 1.90 bits per heavy atom. The topological polar surface area (TPSA) is 80.0 Å². The summed E-state index contributed by atoms with van der Waals surface area (Å²) in [7, 11) is 0. The van der Waals surface area contributed by atoms with Crippen LogP contribution in [-0.4, -0.2) is 10.9 Å². The van der Waals surface area contributed by atoms with Crippen LogP contribution in [0.1, 0.15) is 10.4 Å². The largest absolute Gasteiger partial charge is 0.319 e. The molecule has 9 heteroatoms. The van der Waals surface area contributed by atoms with Gasteiger partial charge >= 0.3 is 0 Å². The maximum atomic E-state index is 13.7. The molecule has 0 aliphatic heterocycles. The van der Waals surface area contributed by atoms with Gasteiger partial charge in [0.1, 0.15) is 11.6 Å². The summed E-state index contributed by atoms with van der Waals surface area (Å²) in [4.78, 5) is 16.0. The maximum absolute atomic E-state index is 13.7. The first-order chi connectivity index (χ1) is 9.92. The number of hydrogen-bond donors (Lipinski definition) is 3. The Hall–Kier alpha value is -1.58. The number of nitrogens with zero attached hydrogens (tertiary/aromatic N) is 1. The second-order valence-electron chi connectivity index (χ2n) is 3.89. The number of rotatable bonds is 3. The second kappa shape index (κ2) is 6.46. The van der Waals surface area contributed by atoms with Gasteiger partial charge in [0.05, 0.1) is 15.7 Å². The molecule has 0 aliphatic carbocycles. The molecule has 21 heavy (non-hydrogen) atoms. The molecule has 110 valence electrons. The summed E-state index contributed by atoms with van der Waals surface area (Å²) in [5.74, 6) is 3.21. The van der Waals surface area contributed by atoms with Crippen LogP contribution >= 0.6 is 31.9 Å². The number of carbonyl (C=O) groups is 1. The van der Waals surface area contributed by atoms with E-state index < -0.39 is 17.5 Å². The fraction of sp³-hybridized carbons (Fsp3) is 0. The van der Waals surface area contributed by atoms with E-state index in [4.69, 9.17) is 5.84 Å². The number of amides is 1. The predicted molar refractivity (Wildman–Crippen MR) is 81.8 cm³/mol. The van der Waals surface area contributed by atoms with Crippen LogP contribution in [0.2, 0.25) is 0 Å². The third-order valence-electron chi connectivity index (χ3n) is 2.49. The van der Waals surface area contributed by atoms with E-state index in [0.717, 1.165) is 12.1 Å². The monoisotopic (exact) mass is 420 g/mol. The first kappa shape index (κ1) is 15.8. The quantitative estimate of drug-likeness (QED) is 0.403. The van der Waals surface area contributed by atoms with Gasteiger partial charge in [0, 0.05) is 16.7 Å². The summed E-state index contributed by atoms with van der Waals surface area (Å²) in [6.07, 6.45) is 1.44. The van der Waals surface area contributed by atoms with Gasteiger partial charge in [-0.25, -0.2) is 19.6 Å². The highest BCUT2D eigenvalue weighted by Gasteiger charge is 2.16. The van der Waals surface area contributed by atoms with Crippen molar-refractivity contribution in [2.45, 2.75) is 0 Å². The zero-order chi connectivity index (χ0) is 15.6. The van der Waals surface area contributed by atoms with Gasteiger partial charge < -0.3 is 10.7 Å². The molecule has 1 amide bonds. The van der Waals surface area contributed by atoms with Crippen LogP contribution in [0.25, 0.3) is 0 Å². The van der Waals surface area contributed by atoms with Crippen LogP contribution in [0.15, 0.2) is 33.3 Å². The molecule has 0 spiro atoms.